The van der Waals surface area contributed by atoms with Gasteiger partial charge in [0.25, 0.3) is 0 Å². The minimum atomic E-state index is -0.202. The lowest BCUT2D eigenvalue weighted by molar-refractivity contribution is 0.0900. The van der Waals surface area contributed by atoms with E-state index < -0.39 is 0 Å². The fourth-order valence-corrected chi connectivity index (χ4v) is 2.42. The Kier molecular flexibility index (Phi) is 5.23. The third-order valence-corrected chi connectivity index (χ3v) is 3.49. The van der Waals surface area contributed by atoms with Crippen molar-refractivity contribution in [2.24, 2.45) is 5.92 Å². The molecule has 0 N–H and O–H groups in total. The molecule has 2 rings (SSSR count). The monoisotopic (exact) mass is 285 g/mol. The molecule has 0 spiro atoms. The van der Waals surface area contributed by atoms with Gasteiger partial charge < -0.3 is 4.90 Å². The molecule has 1 atom stereocenters. The summed E-state index contributed by atoms with van der Waals surface area (Å²) in [5.74, 6) is -0.202. The molecule has 2 aromatic rings. The molecule has 0 saturated carbocycles. The standard InChI is InChI=1S/C18H20FNO/c1-14(18(21)15-8-4-3-5-9-15)12-20(2)13-16-10-6-7-11-17(16)19/h3-11,14H,12-13H2,1-2H3. The first kappa shape index (κ1) is 15.4. The van der Waals surface area contributed by atoms with Crippen LogP contribution in [0.4, 0.5) is 4.39 Å². The maximum Gasteiger partial charge on any atom is 0.166 e. The predicted molar refractivity (Wildman–Crippen MR) is 82.7 cm³/mol. The normalized spacial score (nSPS) is 12.4. The number of nitrogens with zero attached hydrogens (tertiary/aromatic N) is 1. The van der Waals surface area contributed by atoms with Gasteiger partial charge in [0.15, 0.2) is 5.78 Å². The molecule has 0 aliphatic carbocycles. The molecule has 2 nitrogen and oxygen atoms in total. The van der Waals surface area contributed by atoms with Gasteiger partial charge >= 0.3 is 0 Å². The van der Waals surface area contributed by atoms with Crippen molar-refractivity contribution in [2.75, 3.05) is 13.6 Å². The first-order valence-electron chi connectivity index (χ1n) is 7.09. The lowest BCUT2D eigenvalue weighted by Crippen LogP contribution is -2.28. The average Bonchev–Trinajstić information content (AvgIpc) is 2.49. The summed E-state index contributed by atoms with van der Waals surface area (Å²) in [5.41, 5.74) is 1.38. The summed E-state index contributed by atoms with van der Waals surface area (Å²) >= 11 is 0. The molecule has 0 aliphatic rings. The molecule has 0 aromatic heterocycles. The summed E-state index contributed by atoms with van der Waals surface area (Å²) in [6, 6.07) is 16.0. The van der Waals surface area contributed by atoms with Crippen LogP contribution in [0, 0.1) is 11.7 Å². The average molecular weight is 285 g/mol. The maximum absolute atomic E-state index is 13.6. The Hall–Kier alpha value is -2.00. The summed E-state index contributed by atoms with van der Waals surface area (Å²) in [4.78, 5) is 14.3. The van der Waals surface area contributed by atoms with Gasteiger partial charge in [0.05, 0.1) is 0 Å². The number of carbonyl (C=O) groups excluding carboxylic acids is 1. The topological polar surface area (TPSA) is 20.3 Å². The quantitative estimate of drug-likeness (QED) is 0.753. The van der Waals surface area contributed by atoms with Crippen LogP contribution in [-0.4, -0.2) is 24.3 Å². The van der Waals surface area contributed by atoms with Crippen LogP contribution in [0.5, 0.6) is 0 Å². The van der Waals surface area contributed by atoms with Crippen molar-refractivity contribution in [3.63, 3.8) is 0 Å². The van der Waals surface area contributed by atoms with E-state index in [4.69, 9.17) is 0 Å². The summed E-state index contributed by atoms with van der Waals surface area (Å²) in [5, 5.41) is 0. The van der Waals surface area contributed by atoms with Gasteiger partial charge in [-0.3, -0.25) is 4.79 Å². The van der Waals surface area contributed by atoms with Gasteiger partial charge in [-0.2, -0.15) is 0 Å². The molecule has 1 unspecified atom stereocenters. The lowest BCUT2D eigenvalue weighted by Gasteiger charge is -2.21. The number of halogens is 1. The highest BCUT2D eigenvalue weighted by Gasteiger charge is 2.17. The number of ketones is 1. The largest absolute Gasteiger partial charge is 0.301 e. The molecular weight excluding hydrogens is 265 g/mol. The highest BCUT2D eigenvalue weighted by molar-refractivity contribution is 5.97. The summed E-state index contributed by atoms with van der Waals surface area (Å²) in [7, 11) is 1.90. The fourth-order valence-electron chi connectivity index (χ4n) is 2.42. The number of hydrogen-bond acceptors (Lipinski definition) is 2. The second-order valence-electron chi connectivity index (χ2n) is 5.42. The summed E-state index contributed by atoms with van der Waals surface area (Å²) < 4.78 is 13.6. The van der Waals surface area contributed by atoms with Crippen molar-refractivity contribution < 1.29 is 9.18 Å². The Balaban J connectivity index is 1.95. The molecule has 3 heteroatoms. The molecule has 0 heterocycles. The smallest absolute Gasteiger partial charge is 0.166 e. The Bertz CT molecular complexity index is 597. The second kappa shape index (κ2) is 7.14. The Morgan fingerprint density at radius 1 is 1.10 bits per heavy atom. The van der Waals surface area contributed by atoms with E-state index in [9.17, 15) is 9.18 Å². The highest BCUT2D eigenvalue weighted by Crippen LogP contribution is 2.13. The Labute approximate surface area is 125 Å². The predicted octanol–water partition coefficient (Wildman–Crippen LogP) is 3.78. The van der Waals surface area contributed by atoms with Crippen molar-refractivity contribution >= 4 is 5.78 Å². The van der Waals surface area contributed by atoms with E-state index in [1.165, 1.54) is 6.07 Å². The van der Waals surface area contributed by atoms with E-state index >= 15 is 0 Å². The minimum absolute atomic E-state index is 0.121. The van der Waals surface area contributed by atoms with Crippen LogP contribution >= 0.6 is 0 Å². The van der Waals surface area contributed by atoms with Gasteiger partial charge in [-0.25, -0.2) is 4.39 Å². The van der Waals surface area contributed by atoms with Gasteiger partial charge in [-0.1, -0.05) is 55.5 Å². The zero-order valence-corrected chi connectivity index (χ0v) is 12.4. The van der Waals surface area contributed by atoms with Gasteiger partial charge in [0.2, 0.25) is 0 Å². The lowest BCUT2D eigenvalue weighted by atomic mass is 9.99. The zero-order chi connectivity index (χ0) is 15.2. The SMILES string of the molecule is CC(CN(C)Cc1ccccc1F)C(=O)c1ccccc1. The third-order valence-electron chi connectivity index (χ3n) is 3.49. The molecule has 0 saturated heterocycles. The van der Waals surface area contributed by atoms with Crippen molar-refractivity contribution in [1.29, 1.82) is 0 Å². The van der Waals surface area contributed by atoms with E-state index in [0.717, 1.165) is 5.56 Å². The molecule has 0 radical (unpaired) electrons. The van der Waals surface area contributed by atoms with E-state index in [1.54, 1.807) is 12.1 Å². The van der Waals surface area contributed by atoms with E-state index in [2.05, 4.69) is 0 Å². The molecular formula is C18H20FNO. The van der Waals surface area contributed by atoms with Crippen molar-refractivity contribution in [3.8, 4) is 0 Å². The maximum atomic E-state index is 13.6. The van der Waals surface area contributed by atoms with E-state index in [1.807, 2.05) is 55.3 Å². The van der Waals surface area contributed by atoms with Crippen molar-refractivity contribution in [3.05, 3.63) is 71.5 Å². The Morgan fingerprint density at radius 3 is 2.38 bits per heavy atom. The second-order valence-corrected chi connectivity index (χ2v) is 5.42. The van der Waals surface area contributed by atoms with Crippen LogP contribution in [0.3, 0.4) is 0 Å². The third kappa shape index (κ3) is 4.23. The van der Waals surface area contributed by atoms with E-state index in [0.29, 0.717) is 18.7 Å². The van der Waals surface area contributed by atoms with Crippen molar-refractivity contribution in [1.82, 2.24) is 4.90 Å². The van der Waals surface area contributed by atoms with Crippen LogP contribution in [0.2, 0.25) is 0 Å². The van der Waals surface area contributed by atoms with Crippen LogP contribution in [0.25, 0.3) is 0 Å². The molecule has 0 amide bonds. The number of rotatable bonds is 6. The summed E-state index contributed by atoms with van der Waals surface area (Å²) in [6.07, 6.45) is 0. The number of benzene rings is 2. The zero-order valence-electron chi connectivity index (χ0n) is 12.4. The first-order chi connectivity index (χ1) is 10.1. The van der Waals surface area contributed by atoms with Crippen LogP contribution in [0.1, 0.15) is 22.8 Å². The van der Waals surface area contributed by atoms with E-state index in [-0.39, 0.29) is 17.5 Å². The molecule has 21 heavy (non-hydrogen) atoms. The molecule has 2 aromatic carbocycles. The van der Waals surface area contributed by atoms with Crippen LogP contribution in [-0.2, 0) is 6.54 Å². The minimum Gasteiger partial charge on any atom is -0.301 e. The van der Waals surface area contributed by atoms with Gasteiger partial charge in [0, 0.05) is 30.1 Å². The van der Waals surface area contributed by atoms with Crippen LogP contribution in [0.15, 0.2) is 54.6 Å². The molecule has 0 fully saturated rings. The fraction of sp³-hybridized carbons (Fsp3) is 0.278. The number of carbonyl (C=O) groups is 1. The van der Waals surface area contributed by atoms with Gasteiger partial charge in [-0.15, -0.1) is 0 Å². The molecule has 0 aliphatic heterocycles. The molecule has 0 bridgehead atoms. The summed E-state index contributed by atoms with van der Waals surface area (Å²) in [6.45, 7) is 3.01. The van der Waals surface area contributed by atoms with Crippen LogP contribution < -0.4 is 0 Å². The van der Waals surface area contributed by atoms with Gasteiger partial charge in [0.1, 0.15) is 5.82 Å². The van der Waals surface area contributed by atoms with Crippen molar-refractivity contribution in [2.45, 2.75) is 13.5 Å². The highest BCUT2D eigenvalue weighted by atomic mass is 19.1. The number of hydrogen-bond donors (Lipinski definition) is 0. The van der Waals surface area contributed by atoms with Gasteiger partial charge in [-0.05, 0) is 13.1 Å². The number of Topliss-reactive ketones (excluding diaryl/α,β-unsaturated/α-hetero) is 1. The first-order valence-corrected chi connectivity index (χ1v) is 7.09. The molecule has 110 valence electrons. The Morgan fingerprint density at radius 2 is 1.71 bits per heavy atom.